The fraction of sp³-hybridized carbons (Fsp3) is 0.462. The van der Waals surface area contributed by atoms with E-state index in [0.717, 1.165) is 6.42 Å². The van der Waals surface area contributed by atoms with Crippen LogP contribution in [-0.4, -0.2) is 12.6 Å². The van der Waals surface area contributed by atoms with Gasteiger partial charge < -0.3 is 10.5 Å². The number of benzene rings is 1. The van der Waals surface area contributed by atoms with Crippen LogP contribution in [0.5, 0.6) is 0 Å². The Balaban J connectivity index is 2.68. The predicted octanol–water partition coefficient (Wildman–Crippen LogP) is 4.17. The molecule has 0 atom stereocenters. The van der Waals surface area contributed by atoms with Crippen LogP contribution >= 0.6 is 23.2 Å². The number of esters is 1. The first kappa shape index (κ1) is 15.1. The second-order valence-electron chi connectivity index (χ2n) is 5.30. The highest BCUT2D eigenvalue weighted by Crippen LogP contribution is 2.29. The molecule has 0 aromatic heterocycles. The number of carbonyl (C=O) groups excluding carboxylic acids is 1. The van der Waals surface area contributed by atoms with Gasteiger partial charge in [0.05, 0.1) is 27.9 Å². The monoisotopic (exact) mass is 289 g/mol. The summed E-state index contributed by atoms with van der Waals surface area (Å²) in [4.78, 5) is 11.8. The summed E-state index contributed by atoms with van der Waals surface area (Å²) in [5, 5.41) is 0.510. The lowest BCUT2D eigenvalue weighted by molar-refractivity contribution is 0.0465. The van der Waals surface area contributed by atoms with E-state index in [4.69, 9.17) is 33.7 Å². The van der Waals surface area contributed by atoms with Gasteiger partial charge >= 0.3 is 5.97 Å². The summed E-state index contributed by atoms with van der Waals surface area (Å²) in [7, 11) is 0. The molecule has 0 saturated heterocycles. The summed E-state index contributed by atoms with van der Waals surface area (Å²) >= 11 is 11.7. The summed E-state index contributed by atoms with van der Waals surface area (Å²) in [5.74, 6) is -0.442. The minimum absolute atomic E-state index is 0.122. The quantitative estimate of drug-likeness (QED) is 0.671. The second kappa shape index (κ2) is 5.81. The summed E-state index contributed by atoms with van der Waals surface area (Å²) in [6.45, 7) is 6.61. The zero-order valence-corrected chi connectivity index (χ0v) is 12.2. The molecule has 0 spiro atoms. The molecular weight excluding hydrogens is 273 g/mol. The van der Waals surface area contributed by atoms with Gasteiger partial charge in [0, 0.05) is 0 Å². The highest BCUT2D eigenvalue weighted by Gasteiger charge is 2.15. The fourth-order valence-electron chi connectivity index (χ4n) is 1.24. The van der Waals surface area contributed by atoms with Gasteiger partial charge in [-0.2, -0.15) is 0 Å². The maximum Gasteiger partial charge on any atom is 0.338 e. The molecule has 1 aromatic carbocycles. The first-order valence-electron chi connectivity index (χ1n) is 5.62. The summed E-state index contributed by atoms with van der Waals surface area (Å²) in [6.07, 6.45) is 0.787. The van der Waals surface area contributed by atoms with Crippen molar-refractivity contribution in [2.24, 2.45) is 5.41 Å². The van der Waals surface area contributed by atoms with Gasteiger partial charge in [-0.15, -0.1) is 0 Å². The van der Waals surface area contributed by atoms with E-state index in [1.165, 1.54) is 12.1 Å². The summed E-state index contributed by atoms with van der Waals surface area (Å²) in [5.41, 5.74) is 6.30. The zero-order chi connectivity index (χ0) is 13.9. The number of anilines is 1. The average Bonchev–Trinajstić information content (AvgIpc) is 2.23. The number of halogens is 2. The Morgan fingerprint density at radius 1 is 1.28 bits per heavy atom. The lowest BCUT2D eigenvalue weighted by Gasteiger charge is -2.17. The van der Waals surface area contributed by atoms with Crippen molar-refractivity contribution in [2.45, 2.75) is 27.2 Å². The molecule has 0 aliphatic rings. The Kier molecular flexibility index (Phi) is 4.88. The van der Waals surface area contributed by atoms with Crippen LogP contribution < -0.4 is 5.73 Å². The van der Waals surface area contributed by atoms with E-state index < -0.39 is 5.97 Å². The normalized spacial score (nSPS) is 11.4. The van der Waals surface area contributed by atoms with Crippen LogP contribution in [0.2, 0.25) is 10.0 Å². The number of nitrogens with two attached hydrogens (primary N) is 1. The molecule has 0 aliphatic heterocycles. The Morgan fingerprint density at radius 3 is 2.22 bits per heavy atom. The first-order chi connectivity index (χ1) is 8.20. The number of hydrogen-bond donors (Lipinski definition) is 1. The van der Waals surface area contributed by atoms with E-state index in [1.54, 1.807) is 0 Å². The van der Waals surface area contributed by atoms with Crippen molar-refractivity contribution in [2.75, 3.05) is 12.3 Å². The van der Waals surface area contributed by atoms with Crippen molar-refractivity contribution >= 4 is 34.9 Å². The van der Waals surface area contributed by atoms with Crippen molar-refractivity contribution in [1.82, 2.24) is 0 Å². The molecule has 0 saturated carbocycles. The molecule has 0 radical (unpaired) electrons. The summed E-state index contributed by atoms with van der Waals surface area (Å²) < 4.78 is 5.16. The second-order valence-corrected chi connectivity index (χ2v) is 6.11. The van der Waals surface area contributed by atoms with Crippen molar-refractivity contribution in [3.8, 4) is 0 Å². The maximum atomic E-state index is 11.8. The maximum absolute atomic E-state index is 11.8. The van der Waals surface area contributed by atoms with Crippen LogP contribution in [0.1, 0.15) is 37.6 Å². The molecule has 0 aliphatic carbocycles. The van der Waals surface area contributed by atoms with Gasteiger partial charge in [-0.1, -0.05) is 44.0 Å². The van der Waals surface area contributed by atoms with E-state index in [0.29, 0.717) is 12.2 Å². The number of rotatable bonds is 3. The van der Waals surface area contributed by atoms with Crippen molar-refractivity contribution in [3.63, 3.8) is 0 Å². The van der Waals surface area contributed by atoms with Crippen LogP contribution in [0.15, 0.2) is 12.1 Å². The van der Waals surface area contributed by atoms with Crippen molar-refractivity contribution < 1.29 is 9.53 Å². The molecule has 0 unspecified atom stereocenters. The van der Waals surface area contributed by atoms with Crippen LogP contribution in [0, 0.1) is 5.41 Å². The highest BCUT2D eigenvalue weighted by molar-refractivity contribution is 6.39. The third-order valence-electron chi connectivity index (χ3n) is 2.40. The molecule has 3 nitrogen and oxygen atoms in total. The van der Waals surface area contributed by atoms with Gasteiger partial charge in [0.15, 0.2) is 0 Å². The summed E-state index contributed by atoms with van der Waals surface area (Å²) in [6, 6.07) is 2.92. The predicted molar refractivity (Wildman–Crippen MR) is 75.2 cm³/mol. The van der Waals surface area contributed by atoms with Gasteiger partial charge in [0.1, 0.15) is 0 Å². The lowest BCUT2D eigenvalue weighted by atomic mass is 9.93. The van der Waals surface area contributed by atoms with Gasteiger partial charge in [0.25, 0.3) is 0 Å². The van der Waals surface area contributed by atoms with Crippen molar-refractivity contribution in [3.05, 3.63) is 27.7 Å². The SMILES string of the molecule is CC(C)(C)CCOC(=O)c1cc(Cl)c(N)c(Cl)c1. The van der Waals surface area contributed by atoms with Gasteiger partial charge in [0.2, 0.25) is 0 Å². The number of hydrogen-bond acceptors (Lipinski definition) is 3. The standard InChI is InChI=1S/C13H17Cl2NO2/c1-13(2,3)4-5-18-12(17)8-6-9(14)11(16)10(15)7-8/h6-7H,4-5,16H2,1-3H3. The van der Waals surface area contributed by atoms with Crippen LogP contribution in [0.25, 0.3) is 0 Å². The number of ether oxygens (including phenoxy) is 1. The average molecular weight is 290 g/mol. The number of carbonyl (C=O) groups is 1. The topological polar surface area (TPSA) is 52.3 Å². The fourth-order valence-corrected chi connectivity index (χ4v) is 1.72. The van der Waals surface area contributed by atoms with E-state index in [-0.39, 0.29) is 21.1 Å². The Labute approximate surface area is 117 Å². The molecule has 0 bridgehead atoms. The van der Waals surface area contributed by atoms with E-state index >= 15 is 0 Å². The lowest BCUT2D eigenvalue weighted by Crippen LogP contribution is -2.13. The van der Waals surface area contributed by atoms with Gasteiger partial charge in [-0.25, -0.2) is 4.79 Å². The molecule has 2 N–H and O–H groups in total. The van der Waals surface area contributed by atoms with Crippen LogP contribution in [0.4, 0.5) is 5.69 Å². The smallest absolute Gasteiger partial charge is 0.338 e. The molecule has 0 fully saturated rings. The largest absolute Gasteiger partial charge is 0.462 e. The minimum atomic E-state index is -0.442. The van der Waals surface area contributed by atoms with Gasteiger partial charge in [-0.3, -0.25) is 0 Å². The van der Waals surface area contributed by atoms with E-state index in [9.17, 15) is 4.79 Å². The minimum Gasteiger partial charge on any atom is -0.462 e. The van der Waals surface area contributed by atoms with E-state index in [2.05, 4.69) is 20.8 Å². The van der Waals surface area contributed by atoms with Crippen molar-refractivity contribution in [1.29, 1.82) is 0 Å². The molecular formula is C13H17Cl2NO2. The molecule has 5 heteroatoms. The molecule has 100 valence electrons. The Hall–Kier alpha value is -0.930. The molecule has 0 amide bonds. The van der Waals surface area contributed by atoms with Crippen LogP contribution in [-0.2, 0) is 4.74 Å². The number of nitrogen functional groups attached to an aromatic ring is 1. The highest BCUT2D eigenvalue weighted by atomic mass is 35.5. The Bertz CT molecular complexity index is 430. The third kappa shape index (κ3) is 4.39. The van der Waals surface area contributed by atoms with Gasteiger partial charge in [-0.05, 0) is 24.0 Å². The van der Waals surface area contributed by atoms with Crippen LogP contribution in [0.3, 0.4) is 0 Å². The first-order valence-corrected chi connectivity index (χ1v) is 6.38. The third-order valence-corrected chi connectivity index (χ3v) is 3.03. The zero-order valence-electron chi connectivity index (χ0n) is 10.7. The molecule has 0 heterocycles. The molecule has 1 rings (SSSR count). The molecule has 1 aromatic rings. The van der Waals surface area contributed by atoms with E-state index in [1.807, 2.05) is 0 Å². The Morgan fingerprint density at radius 2 is 1.78 bits per heavy atom. The molecule has 18 heavy (non-hydrogen) atoms.